The van der Waals surface area contributed by atoms with Gasteiger partial charge in [0.15, 0.2) is 17.4 Å². The van der Waals surface area contributed by atoms with E-state index in [1.165, 1.54) is 6.07 Å². The number of nitrogen functional groups attached to an aromatic ring is 1. The number of halogens is 2. The molecule has 0 unspecified atom stereocenters. The summed E-state index contributed by atoms with van der Waals surface area (Å²) in [7, 11) is 0. The monoisotopic (exact) mass is 235 g/mol. The number of hydrogen-bond donors (Lipinski definition) is 1. The highest BCUT2D eigenvalue weighted by atomic mass is 19.2. The van der Waals surface area contributed by atoms with Gasteiger partial charge in [0, 0.05) is 6.07 Å². The summed E-state index contributed by atoms with van der Waals surface area (Å²) in [6.07, 6.45) is 0. The topological polar surface area (TPSA) is 35.2 Å². The number of aryl methyl sites for hydroxylation is 1. The minimum absolute atomic E-state index is 0.209. The number of benzene rings is 2. The van der Waals surface area contributed by atoms with Crippen LogP contribution in [0.3, 0.4) is 0 Å². The molecule has 0 radical (unpaired) electrons. The Kier molecular flexibility index (Phi) is 2.95. The van der Waals surface area contributed by atoms with E-state index in [2.05, 4.69) is 0 Å². The summed E-state index contributed by atoms with van der Waals surface area (Å²) in [4.78, 5) is 0. The van der Waals surface area contributed by atoms with Gasteiger partial charge in [-0.2, -0.15) is 0 Å². The van der Waals surface area contributed by atoms with Crippen LogP contribution < -0.4 is 10.5 Å². The third-order valence-corrected chi connectivity index (χ3v) is 2.40. The van der Waals surface area contributed by atoms with Gasteiger partial charge in [-0.25, -0.2) is 8.78 Å². The van der Waals surface area contributed by atoms with Crippen LogP contribution in [-0.2, 0) is 0 Å². The maximum absolute atomic E-state index is 13.0. The van der Waals surface area contributed by atoms with Crippen molar-refractivity contribution in [1.82, 2.24) is 0 Å². The van der Waals surface area contributed by atoms with Gasteiger partial charge in [0.05, 0.1) is 5.69 Å². The Morgan fingerprint density at radius 3 is 2.53 bits per heavy atom. The van der Waals surface area contributed by atoms with Crippen LogP contribution >= 0.6 is 0 Å². The maximum Gasteiger partial charge on any atom is 0.162 e. The van der Waals surface area contributed by atoms with E-state index < -0.39 is 11.6 Å². The van der Waals surface area contributed by atoms with Gasteiger partial charge in [-0.05, 0) is 30.7 Å². The zero-order valence-electron chi connectivity index (χ0n) is 9.21. The molecule has 17 heavy (non-hydrogen) atoms. The molecule has 2 nitrogen and oxygen atoms in total. The summed E-state index contributed by atoms with van der Waals surface area (Å²) in [6, 6.07) is 8.63. The van der Waals surface area contributed by atoms with Gasteiger partial charge >= 0.3 is 0 Å². The van der Waals surface area contributed by atoms with Crippen molar-refractivity contribution >= 4 is 5.69 Å². The van der Waals surface area contributed by atoms with Crippen LogP contribution in [-0.4, -0.2) is 0 Å². The van der Waals surface area contributed by atoms with Crippen LogP contribution in [0.15, 0.2) is 36.4 Å². The zero-order chi connectivity index (χ0) is 12.4. The summed E-state index contributed by atoms with van der Waals surface area (Å²) in [6.45, 7) is 1.84. The molecule has 0 amide bonds. The summed E-state index contributed by atoms with van der Waals surface area (Å²) < 4.78 is 31.1. The van der Waals surface area contributed by atoms with Crippen molar-refractivity contribution in [3.05, 3.63) is 53.6 Å². The van der Waals surface area contributed by atoms with E-state index in [1.807, 2.05) is 13.0 Å². The van der Waals surface area contributed by atoms with Gasteiger partial charge in [-0.15, -0.1) is 0 Å². The highest BCUT2D eigenvalue weighted by Gasteiger charge is 2.07. The first-order chi connectivity index (χ1) is 8.08. The summed E-state index contributed by atoms with van der Waals surface area (Å²) in [5.74, 6) is -1.22. The SMILES string of the molecule is Cc1cccc(Oc2ccc(F)c(F)c2)c1N. The Morgan fingerprint density at radius 2 is 1.82 bits per heavy atom. The first kappa shape index (κ1) is 11.4. The van der Waals surface area contributed by atoms with E-state index >= 15 is 0 Å². The van der Waals surface area contributed by atoms with Crippen molar-refractivity contribution in [2.45, 2.75) is 6.92 Å². The Hall–Kier alpha value is -2.10. The predicted octanol–water partition coefficient (Wildman–Crippen LogP) is 3.65. The quantitative estimate of drug-likeness (QED) is 0.806. The van der Waals surface area contributed by atoms with E-state index in [0.29, 0.717) is 11.4 Å². The van der Waals surface area contributed by atoms with Crippen LogP contribution in [0.4, 0.5) is 14.5 Å². The van der Waals surface area contributed by atoms with E-state index in [-0.39, 0.29) is 5.75 Å². The molecule has 0 aliphatic rings. The van der Waals surface area contributed by atoms with Gasteiger partial charge in [0.2, 0.25) is 0 Å². The van der Waals surface area contributed by atoms with E-state index in [1.54, 1.807) is 12.1 Å². The average Bonchev–Trinajstić information content (AvgIpc) is 2.30. The number of hydrogen-bond acceptors (Lipinski definition) is 2. The van der Waals surface area contributed by atoms with Crippen molar-refractivity contribution in [3.63, 3.8) is 0 Å². The Morgan fingerprint density at radius 1 is 1.06 bits per heavy atom. The molecule has 2 aromatic rings. The van der Waals surface area contributed by atoms with Gasteiger partial charge in [-0.3, -0.25) is 0 Å². The van der Waals surface area contributed by atoms with Gasteiger partial charge < -0.3 is 10.5 Å². The fourth-order valence-electron chi connectivity index (χ4n) is 1.41. The molecule has 0 aromatic heterocycles. The molecular weight excluding hydrogens is 224 g/mol. The van der Waals surface area contributed by atoms with Crippen molar-refractivity contribution in [2.24, 2.45) is 0 Å². The number of anilines is 1. The molecule has 0 aliphatic carbocycles. The van der Waals surface area contributed by atoms with Gasteiger partial charge in [-0.1, -0.05) is 12.1 Å². The summed E-state index contributed by atoms with van der Waals surface area (Å²) in [5.41, 5.74) is 7.15. The molecule has 0 saturated carbocycles. The zero-order valence-corrected chi connectivity index (χ0v) is 9.21. The fraction of sp³-hybridized carbons (Fsp3) is 0.0769. The normalized spacial score (nSPS) is 10.3. The van der Waals surface area contributed by atoms with Gasteiger partial charge in [0.25, 0.3) is 0 Å². The molecule has 0 saturated heterocycles. The first-order valence-corrected chi connectivity index (χ1v) is 5.06. The predicted molar refractivity (Wildman–Crippen MR) is 62.0 cm³/mol. The number of para-hydroxylation sites is 1. The van der Waals surface area contributed by atoms with Gasteiger partial charge in [0.1, 0.15) is 5.75 Å². The lowest BCUT2D eigenvalue weighted by atomic mass is 10.2. The molecule has 0 spiro atoms. The molecule has 0 aliphatic heterocycles. The largest absolute Gasteiger partial charge is 0.455 e. The standard InChI is InChI=1S/C13H11F2NO/c1-8-3-2-4-12(13(8)16)17-9-5-6-10(14)11(15)7-9/h2-7H,16H2,1H3. The second-order valence-electron chi connectivity index (χ2n) is 3.66. The van der Waals surface area contributed by atoms with Crippen LogP contribution in [0.25, 0.3) is 0 Å². The highest BCUT2D eigenvalue weighted by molar-refractivity contribution is 5.58. The lowest BCUT2D eigenvalue weighted by Crippen LogP contribution is -1.95. The second kappa shape index (κ2) is 4.41. The fourth-order valence-corrected chi connectivity index (χ4v) is 1.41. The van der Waals surface area contributed by atoms with E-state index in [4.69, 9.17) is 10.5 Å². The second-order valence-corrected chi connectivity index (χ2v) is 3.66. The lowest BCUT2D eigenvalue weighted by molar-refractivity contribution is 0.463. The van der Waals surface area contributed by atoms with Crippen LogP contribution in [0.1, 0.15) is 5.56 Å². The van der Waals surface area contributed by atoms with Crippen molar-refractivity contribution < 1.29 is 13.5 Å². The van der Waals surface area contributed by atoms with Crippen molar-refractivity contribution in [2.75, 3.05) is 5.73 Å². The molecule has 88 valence electrons. The van der Waals surface area contributed by atoms with E-state index in [0.717, 1.165) is 17.7 Å². The number of ether oxygens (including phenoxy) is 1. The highest BCUT2D eigenvalue weighted by Crippen LogP contribution is 2.30. The average molecular weight is 235 g/mol. The molecular formula is C13H11F2NO. The Labute approximate surface area is 97.6 Å². The molecule has 4 heteroatoms. The van der Waals surface area contributed by atoms with Crippen molar-refractivity contribution in [1.29, 1.82) is 0 Å². The summed E-state index contributed by atoms with van der Waals surface area (Å²) in [5, 5.41) is 0. The third kappa shape index (κ3) is 2.36. The first-order valence-electron chi connectivity index (χ1n) is 5.06. The molecule has 0 bridgehead atoms. The third-order valence-electron chi connectivity index (χ3n) is 2.40. The Bertz CT molecular complexity index is 555. The molecule has 0 heterocycles. The molecule has 0 atom stereocenters. The minimum Gasteiger partial charge on any atom is -0.455 e. The molecule has 0 fully saturated rings. The van der Waals surface area contributed by atoms with Crippen LogP contribution in [0.2, 0.25) is 0 Å². The maximum atomic E-state index is 13.0. The Balaban J connectivity index is 2.31. The van der Waals surface area contributed by atoms with Crippen LogP contribution in [0.5, 0.6) is 11.5 Å². The van der Waals surface area contributed by atoms with E-state index in [9.17, 15) is 8.78 Å². The molecule has 2 N–H and O–H groups in total. The minimum atomic E-state index is -0.950. The number of rotatable bonds is 2. The number of nitrogens with two attached hydrogens (primary N) is 1. The summed E-state index contributed by atoms with van der Waals surface area (Å²) >= 11 is 0. The smallest absolute Gasteiger partial charge is 0.162 e. The molecule has 2 aromatic carbocycles. The molecule has 2 rings (SSSR count). The van der Waals surface area contributed by atoms with Crippen LogP contribution in [0, 0.1) is 18.6 Å². The van der Waals surface area contributed by atoms with Crippen molar-refractivity contribution in [3.8, 4) is 11.5 Å². The lowest BCUT2D eigenvalue weighted by Gasteiger charge is -2.10.